The highest BCUT2D eigenvalue weighted by Gasteiger charge is 2.18. The zero-order valence-electron chi connectivity index (χ0n) is 9.94. The molecule has 0 aliphatic heterocycles. The topological polar surface area (TPSA) is 46.2 Å². The van der Waals surface area contributed by atoms with Crippen molar-refractivity contribution in [3.05, 3.63) is 36.1 Å². The summed E-state index contributed by atoms with van der Waals surface area (Å²) < 4.78 is 28.4. The van der Waals surface area contributed by atoms with Gasteiger partial charge < -0.3 is 0 Å². The lowest BCUT2D eigenvalue weighted by Crippen LogP contribution is -2.25. The van der Waals surface area contributed by atoms with Crippen molar-refractivity contribution in [1.29, 1.82) is 0 Å². The summed E-state index contributed by atoms with van der Waals surface area (Å²) in [4.78, 5) is 2.18. The van der Waals surface area contributed by atoms with E-state index in [0.29, 0.717) is 17.9 Å². The molecule has 0 unspecified atom stereocenters. The molecule has 0 atom stereocenters. The molecule has 19 heavy (non-hydrogen) atoms. The van der Waals surface area contributed by atoms with Gasteiger partial charge in [-0.05, 0) is 47.5 Å². The van der Waals surface area contributed by atoms with Crippen LogP contribution in [0.15, 0.2) is 26.9 Å². The number of aryl methyl sites for hydroxylation is 1. The van der Waals surface area contributed by atoms with E-state index in [1.54, 1.807) is 13.0 Å². The molecule has 0 aliphatic carbocycles. The summed E-state index contributed by atoms with van der Waals surface area (Å²) in [6.07, 6.45) is 0.640. The Morgan fingerprint density at radius 2 is 2.11 bits per heavy atom. The summed E-state index contributed by atoms with van der Waals surface area (Å²) in [6, 6.07) is 5.36. The Kier molecular flexibility index (Phi) is 5.08. The Morgan fingerprint density at radius 3 is 2.63 bits per heavy atom. The van der Waals surface area contributed by atoms with Gasteiger partial charge in [-0.2, -0.15) is 0 Å². The van der Waals surface area contributed by atoms with E-state index in [1.807, 2.05) is 12.1 Å². The maximum Gasteiger partial charge on any atom is 0.241 e. The number of hydrogen-bond donors (Lipinski definition) is 1. The number of thiophene rings is 2. The van der Waals surface area contributed by atoms with Crippen LogP contribution >= 0.6 is 50.2 Å². The zero-order chi connectivity index (χ0) is 14.0. The molecule has 0 saturated heterocycles. The Balaban J connectivity index is 2.00. The predicted molar refractivity (Wildman–Crippen MR) is 85.0 cm³/mol. The molecule has 2 rings (SSSR count). The second-order valence-corrected chi connectivity index (χ2v) is 10.00. The summed E-state index contributed by atoms with van der Waals surface area (Å²) in [5, 5.41) is 0. The van der Waals surface area contributed by atoms with Gasteiger partial charge in [0.1, 0.15) is 0 Å². The van der Waals surface area contributed by atoms with Crippen molar-refractivity contribution >= 4 is 60.2 Å². The molecule has 0 bridgehead atoms. The van der Waals surface area contributed by atoms with Gasteiger partial charge in [-0.3, -0.25) is 0 Å². The molecule has 3 nitrogen and oxygen atoms in total. The van der Waals surface area contributed by atoms with Crippen molar-refractivity contribution in [1.82, 2.24) is 4.72 Å². The van der Waals surface area contributed by atoms with Gasteiger partial charge in [-0.25, -0.2) is 13.1 Å². The summed E-state index contributed by atoms with van der Waals surface area (Å²) in [7, 11) is -3.43. The molecule has 0 radical (unpaired) electrons. The van der Waals surface area contributed by atoms with Crippen LogP contribution in [0.1, 0.15) is 9.75 Å². The Morgan fingerprint density at radius 1 is 1.37 bits per heavy atom. The maximum atomic E-state index is 12.1. The molecule has 0 aliphatic rings. The SMILES string of the molecule is Cc1sc(Br)cc1S(=O)(=O)NCCc1ccc(Cl)s1. The molecule has 2 heterocycles. The van der Waals surface area contributed by atoms with Crippen molar-refractivity contribution in [2.24, 2.45) is 0 Å². The van der Waals surface area contributed by atoms with E-state index in [1.165, 1.54) is 22.7 Å². The molecule has 0 fully saturated rings. The highest BCUT2D eigenvalue weighted by molar-refractivity contribution is 9.11. The van der Waals surface area contributed by atoms with Crippen LogP contribution < -0.4 is 4.72 Å². The molecule has 2 aromatic rings. The fourth-order valence-corrected chi connectivity index (χ4v) is 6.10. The molecule has 104 valence electrons. The van der Waals surface area contributed by atoms with Crippen molar-refractivity contribution in [2.45, 2.75) is 18.2 Å². The van der Waals surface area contributed by atoms with Crippen LogP contribution in [-0.2, 0) is 16.4 Å². The first-order valence-electron chi connectivity index (χ1n) is 5.38. The predicted octanol–water partition coefficient (Wildman–Crippen LogP) is 4.05. The van der Waals surface area contributed by atoms with Crippen LogP contribution in [0.3, 0.4) is 0 Å². The first-order valence-corrected chi connectivity index (χ1v) is 9.67. The zero-order valence-corrected chi connectivity index (χ0v) is 14.7. The molecule has 2 aromatic heterocycles. The van der Waals surface area contributed by atoms with E-state index in [9.17, 15) is 8.42 Å². The van der Waals surface area contributed by atoms with Gasteiger partial charge >= 0.3 is 0 Å². The third kappa shape index (κ3) is 4.03. The Hall–Kier alpha value is 0.0800. The summed E-state index contributed by atoms with van der Waals surface area (Å²) in [5.74, 6) is 0. The van der Waals surface area contributed by atoms with E-state index in [-0.39, 0.29) is 0 Å². The Bertz CT molecular complexity index is 678. The monoisotopic (exact) mass is 399 g/mol. The average Bonchev–Trinajstić information content (AvgIpc) is 2.85. The van der Waals surface area contributed by atoms with Gasteiger partial charge in [0.25, 0.3) is 0 Å². The molecule has 1 N–H and O–H groups in total. The molecular formula is C11H11BrClNO2S3. The lowest BCUT2D eigenvalue weighted by atomic mass is 10.3. The highest BCUT2D eigenvalue weighted by atomic mass is 79.9. The fraction of sp³-hybridized carbons (Fsp3) is 0.273. The van der Waals surface area contributed by atoms with E-state index < -0.39 is 10.0 Å². The highest BCUT2D eigenvalue weighted by Crippen LogP contribution is 2.29. The Labute approximate surface area is 133 Å². The quantitative estimate of drug-likeness (QED) is 0.823. The van der Waals surface area contributed by atoms with Gasteiger partial charge in [0, 0.05) is 16.3 Å². The lowest BCUT2D eigenvalue weighted by molar-refractivity contribution is 0.581. The normalized spacial score (nSPS) is 11.9. The van der Waals surface area contributed by atoms with E-state index in [4.69, 9.17) is 11.6 Å². The van der Waals surface area contributed by atoms with Crippen LogP contribution in [-0.4, -0.2) is 15.0 Å². The van der Waals surface area contributed by atoms with E-state index >= 15 is 0 Å². The summed E-state index contributed by atoms with van der Waals surface area (Å²) >= 11 is 12.0. The molecular weight excluding hydrogens is 390 g/mol. The molecule has 8 heteroatoms. The van der Waals surface area contributed by atoms with Gasteiger partial charge in [0.2, 0.25) is 10.0 Å². The molecule has 0 aromatic carbocycles. The van der Waals surface area contributed by atoms with Crippen molar-refractivity contribution < 1.29 is 8.42 Å². The average molecular weight is 401 g/mol. The molecule has 0 amide bonds. The summed E-state index contributed by atoms with van der Waals surface area (Å²) in [5.41, 5.74) is 0. The third-order valence-electron chi connectivity index (χ3n) is 2.42. The lowest BCUT2D eigenvalue weighted by Gasteiger charge is -2.05. The number of rotatable bonds is 5. The van der Waals surface area contributed by atoms with Crippen LogP contribution in [0.2, 0.25) is 4.34 Å². The van der Waals surface area contributed by atoms with Crippen LogP contribution in [0.4, 0.5) is 0 Å². The maximum absolute atomic E-state index is 12.1. The number of sulfonamides is 1. The second kappa shape index (κ2) is 6.24. The number of hydrogen-bond acceptors (Lipinski definition) is 4. The van der Waals surface area contributed by atoms with Crippen LogP contribution in [0.5, 0.6) is 0 Å². The van der Waals surface area contributed by atoms with Crippen molar-refractivity contribution in [2.75, 3.05) is 6.54 Å². The van der Waals surface area contributed by atoms with E-state index in [2.05, 4.69) is 20.7 Å². The molecule has 0 saturated carbocycles. The van der Waals surface area contributed by atoms with Crippen molar-refractivity contribution in [3.63, 3.8) is 0 Å². The minimum Gasteiger partial charge on any atom is -0.211 e. The van der Waals surface area contributed by atoms with Gasteiger partial charge in [0.05, 0.1) is 13.0 Å². The minimum atomic E-state index is -3.43. The fourth-order valence-electron chi connectivity index (χ4n) is 1.57. The van der Waals surface area contributed by atoms with Crippen LogP contribution in [0, 0.1) is 6.92 Å². The smallest absolute Gasteiger partial charge is 0.211 e. The standard InChI is InChI=1S/C11H11BrClNO2S3/c1-7-9(6-10(12)17-7)19(15,16)14-5-4-8-2-3-11(13)18-8/h2-3,6,14H,4-5H2,1H3. The minimum absolute atomic E-state index is 0.341. The number of halogens is 2. The van der Waals surface area contributed by atoms with Gasteiger partial charge in [-0.1, -0.05) is 11.6 Å². The second-order valence-electron chi connectivity index (χ2n) is 3.82. The van der Waals surface area contributed by atoms with Gasteiger partial charge in [-0.15, -0.1) is 22.7 Å². The molecule has 0 spiro atoms. The summed E-state index contributed by atoms with van der Waals surface area (Å²) in [6.45, 7) is 2.16. The third-order valence-corrected chi connectivity index (χ3v) is 6.98. The van der Waals surface area contributed by atoms with Gasteiger partial charge in [0.15, 0.2) is 0 Å². The number of nitrogens with one attached hydrogen (secondary N) is 1. The van der Waals surface area contributed by atoms with Crippen molar-refractivity contribution in [3.8, 4) is 0 Å². The first-order chi connectivity index (χ1) is 8.88. The first kappa shape index (κ1) is 15.5. The van der Waals surface area contributed by atoms with Crippen LogP contribution in [0.25, 0.3) is 0 Å². The largest absolute Gasteiger partial charge is 0.241 e. The van der Waals surface area contributed by atoms with E-state index in [0.717, 1.165) is 17.9 Å².